The Balaban J connectivity index is 2.63. The predicted molar refractivity (Wildman–Crippen MR) is 111 cm³/mol. The Morgan fingerprint density at radius 1 is 1.29 bits per heavy atom. The number of unbranched alkanes of at least 4 members (excludes halogenated alkanes) is 1. The van der Waals surface area contributed by atoms with Crippen LogP contribution in [-0.2, 0) is 9.59 Å². The second-order valence-corrected chi connectivity index (χ2v) is 8.84. The molecule has 28 heavy (non-hydrogen) atoms. The summed E-state index contributed by atoms with van der Waals surface area (Å²) in [6.45, 7) is 6.75. The van der Waals surface area contributed by atoms with E-state index >= 15 is 0 Å². The smallest absolute Gasteiger partial charge is 0.332 e. The van der Waals surface area contributed by atoms with Crippen molar-refractivity contribution >= 4 is 11.8 Å². The number of Topliss-reactive ketones (excluding diaryl/α,β-unsaturated/α-hetero) is 1. The molecular formula is C23H38O5. The summed E-state index contributed by atoms with van der Waals surface area (Å²) in [5.41, 5.74) is 0.240. The quantitative estimate of drug-likeness (QED) is 0.408. The van der Waals surface area contributed by atoms with Crippen LogP contribution in [0.15, 0.2) is 24.3 Å². The number of aliphatic hydroxyl groups is 2. The van der Waals surface area contributed by atoms with E-state index in [9.17, 15) is 19.8 Å². The van der Waals surface area contributed by atoms with E-state index in [0.717, 1.165) is 6.42 Å². The van der Waals surface area contributed by atoms with Gasteiger partial charge in [0.1, 0.15) is 5.78 Å². The van der Waals surface area contributed by atoms with Crippen LogP contribution >= 0.6 is 0 Å². The fraction of sp³-hybridized carbons (Fsp3) is 0.739. The highest BCUT2D eigenvalue weighted by Gasteiger charge is 2.39. The topological polar surface area (TPSA) is 94.8 Å². The highest BCUT2D eigenvalue weighted by atomic mass is 16.4. The maximum Gasteiger partial charge on any atom is 0.332 e. The van der Waals surface area contributed by atoms with Gasteiger partial charge in [-0.25, -0.2) is 4.79 Å². The third kappa shape index (κ3) is 8.27. The van der Waals surface area contributed by atoms with Crippen LogP contribution in [0.3, 0.4) is 0 Å². The number of hydrogen-bond donors (Lipinski definition) is 3. The Bertz CT molecular complexity index is 549. The van der Waals surface area contributed by atoms with Crippen molar-refractivity contribution < 1.29 is 24.9 Å². The number of ketones is 1. The summed E-state index contributed by atoms with van der Waals surface area (Å²) >= 11 is 0. The van der Waals surface area contributed by atoms with Crippen LogP contribution in [0.1, 0.15) is 72.1 Å². The minimum atomic E-state index is -1.34. The standard InChI is InChI=1S/C23H38O5/c1-4-5-13-23(2,3)14-9-11-18-17(16-24)15-21(26)19(18)10-7-6-8-12-20(25)22(27)28/h6-7,9,11,17-20,24-25H,4-5,8,10,12-16H2,1-3H3,(H,27,28)/b7-6-,11-9+/t17-,18-,19+,20?/m0/s1. The zero-order valence-corrected chi connectivity index (χ0v) is 17.6. The lowest BCUT2D eigenvalue weighted by molar-refractivity contribution is -0.146. The highest BCUT2D eigenvalue weighted by molar-refractivity contribution is 5.84. The van der Waals surface area contributed by atoms with Gasteiger partial charge in [-0.1, -0.05) is 57.9 Å². The van der Waals surface area contributed by atoms with Gasteiger partial charge in [-0.2, -0.15) is 0 Å². The molecule has 160 valence electrons. The molecule has 1 rings (SSSR count). The van der Waals surface area contributed by atoms with E-state index in [4.69, 9.17) is 5.11 Å². The highest BCUT2D eigenvalue weighted by Crippen LogP contribution is 2.38. The molecule has 0 heterocycles. The summed E-state index contributed by atoms with van der Waals surface area (Å²) in [5.74, 6) is -1.12. The molecule has 0 aromatic rings. The van der Waals surface area contributed by atoms with Crippen molar-refractivity contribution in [3.8, 4) is 0 Å². The molecular weight excluding hydrogens is 356 g/mol. The summed E-state index contributed by atoms with van der Waals surface area (Å²) in [7, 11) is 0. The molecule has 5 nitrogen and oxygen atoms in total. The maximum absolute atomic E-state index is 12.4. The number of aliphatic carboxylic acids is 1. The van der Waals surface area contributed by atoms with Gasteiger partial charge in [0, 0.05) is 18.9 Å². The molecule has 1 unspecified atom stereocenters. The van der Waals surface area contributed by atoms with E-state index in [0.29, 0.717) is 19.3 Å². The lowest BCUT2D eigenvalue weighted by Crippen LogP contribution is -2.18. The molecule has 1 aliphatic carbocycles. The van der Waals surface area contributed by atoms with E-state index in [1.807, 2.05) is 12.2 Å². The monoisotopic (exact) mass is 394 g/mol. The van der Waals surface area contributed by atoms with Crippen LogP contribution in [-0.4, -0.2) is 39.8 Å². The van der Waals surface area contributed by atoms with E-state index in [2.05, 4.69) is 32.9 Å². The summed E-state index contributed by atoms with van der Waals surface area (Å²) in [6.07, 6.45) is 12.9. The van der Waals surface area contributed by atoms with E-state index < -0.39 is 12.1 Å². The van der Waals surface area contributed by atoms with Crippen LogP contribution < -0.4 is 0 Å². The van der Waals surface area contributed by atoms with Gasteiger partial charge in [0.25, 0.3) is 0 Å². The average Bonchev–Trinajstić information content (AvgIpc) is 2.94. The maximum atomic E-state index is 12.4. The molecule has 0 aromatic heterocycles. The van der Waals surface area contributed by atoms with Crippen LogP contribution in [0.5, 0.6) is 0 Å². The molecule has 1 saturated carbocycles. The molecule has 0 saturated heterocycles. The second-order valence-electron chi connectivity index (χ2n) is 8.84. The Morgan fingerprint density at radius 3 is 2.61 bits per heavy atom. The van der Waals surface area contributed by atoms with Gasteiger partial charge in [0.15, 0.2) is 6.10 Å². The van der Waals surface area contributed by atoms with Crippen molar-refractivity contribution in [1.82, 2.24) is 0 Å². The number of allylic oxidation sites excluding steroid dienone is 4. The summed E-state index contributed by atoms with van der Waals surface area (Å²) in [5, 5.41) is 27.6. The van der Waals surface area contributed by atoms with Crippen LogP contribution in [0.2, 0.25) is 0 Å². The summed E-state index contributed by atoms with van der Waals surface area (Å²) in [6, 6.07) is 0. The lowest BCUT2D eigenvalue weighted by atomic mass is 9.82. The lowest BCUT2D eigenvalue weighted by Gasteiger charge is -2.23. The minimum absolute atomic E-state index is 0.0188. The molecule has 0 aliphatic heterocycles. The molecule has 1 fully saturated rings. The van der Waals surface area contributed by atoms with Crippen molar-refractivity contribution in [2.45, 2.75) is 78.2 Å². The van der Waals surface area contributed by atoms with Crippen LogP contribution in [0.4, 0.5) is 0 Å². The summed E-state index contributed by atoms with van der Waals surface area (Å²) < 4.78 is 0. The van der Waals surface area contributed by atoms with Crippen LogP contribution in [0, 0.1) is 23.2 Å². The van der Waals surface area contributed by atoms with Gasteiger partial charge in [0.05, 0.1) is 0 Å². The number of hydrogen-bond acceptors (Lipinski definition) is 4. The fourth-order valence-corrected chi connectivity index (χ4v) is 3.90. The van der Waals surface area contributed by atoms with E-state index in [1.54, 1.807) is 0 Å². The molecule has 0 amide bonds. The van der Waals surface area contributed by atoms with Crippen molar-refractivity contribution in [3.05, 3.63) is 24.3 Å². The van der Waals surface area contributed by atoms with Gasteiger partial charge < -0.3 is 15.3 Å². The first-order valence-electron chi connectivity index (χ1n) is 10.6. The zero-order chi connectivity index (χ0) is 21.2. The van der Waals surface area contributed by atoms with Gasteiger partial charge in [-0.3, -0.25) is 4.79 Å². The van der Waals surface area contributed by atoms with E-state index in [1.165, 1.54) is 19.3 Å². The number of carboxylic acids is 1. The predicted octanol–water partition coefficient (Wildman–Crippen LogP) is 4.13. The molecule has 0 spiro atoms. The summed E-state index contributed by atoms with van der Waals surface area (Å²) in [4.78, 5) is 23.0. The second kappa shape index (κ2) is 12.2. The molecule has 5 heteroatoms. The van der Waals surface area contributed by atoms with Gasteiger partial charge >= 0.3 is 5.97 Å². The number of aliphatic hydroxyl groups excluding tert-OH is 2. The third-order valence-corrected chi connectivity index (χ3v) is 5.80. The van der Waals surface area contributed by atoms with Gasteiger partial charge in [-0.05, 0) is 49.4 Å². The number of carbonyl (C=O) groups is 2. The van der Waals surface area contributed by atoms with Gasteiger partial charge in [0.2, 0.25) is 0 Å². The SMILES string of the molecule is CCCCC(C)(C)C/C=C/[C@H]1[C@H](CO)CC(=O)[C@@H]1C/C=C\CCC(O)C(=O)O. The number of carbonyl (C=O) groups excluding carboxylic acids is 1. The first-order chi connectivity index (χ1) is 13.2. The molecule has 0 aromatic carbocycles. The normalized spacial score (nSPS) is 24.5. The molecule has 1 aliphatic rings. The fourth-order valence-electron chi connectivity index (χ4n) is 3.90. The van der Waals surface area contributed by atoms with Crippen molar-refractivity contribution in [2.75, 3.05) is 6.61 Å². The first kappa shape index (κ1) is 24.6. The average molecular weight is 395 g/mol. The molecule has 4 atom stereocenters. The Hall–Kier alpha value is -1.46. The van der Waals surface area contributed by atoms with Crippen molar-refractivity contribution in [2.24, 2.45) is 23.2 Å². The van der Waals surface area contributed by atoms with Crippen LogP contribution in [0.25, 0.3) is 0 Å². The Morgan fingerprint density at radius 2 is 2.00 bits per heavy atom. The Labute approximate surface area is 169 Å². The zero-order valence-electron chi connectivity index (χ0n) is 17.6. The molecule has 3 N–H and O–H groups in total. The number of carboxylic acid groups (broad SMARTS) is 1. The first-order valence-corrected chi connectivity index (χ1v) is 10.6. The van der Waals surface area contributed by atoms with Crippen molar-refractivity contribution in [3.63, 3.8) is 0 Å². The van der Waals surface area contributed by atoms with Gasteiger partial charge in [-0.15, -0.1) is 0 Å². The third-order valence-electron chi connectivity index (χ3n) is 5.80. The van der Waals surface area contributed by atoms with E-state index in [-0.39, 0.29) is 42.0 Å². The molecule has 0 radical (unpaired) electrons. The largest absolute Gasteiger partial charge is 0.479 e. The molecule has 0 bridgehead atoms. The number of rotatable bonds is 13. The van der Waals surface area contributed by atoms with Crippen molar-refractivity contribution in [1.29, 1.82) is 0 Å². The Kier molecular flexibility index (Phi) is 10.7. The minimum Gasteiger partial charge on any atom is -0.479 e.